The van der Waals surface area contributed by atoms with Crippen LogP contribution in [0, 0.1) is 5.92 Å². The van der Waals surface area contributed by atoms with Gasteiger partial charge in [0.25, 0.3) is 0 Å². The van der Waals surface area contributed by atoms with Crippen molar-refractivity contribution in [1.82, 2.24) is 9.88 Å². The number of hydrogen-bond donors (Lipinski definition) is 1. The lowest BCUT2D eigenvalue weighted by Crippen LogP contribution is -2.54. The van der Waals surface area contributed by atoms with E-state index in [0.29, 0.717) is 13.1 Å². The number of carboxylic acid groups (broad SMARTS) is 1. The molecule has 1 amide bonds. The first-order chi connectivity index (χ1) is 7.18. The SMILES string of the molecule is O=C(O)C1CN(Cc2ccncc2)C1=O. The zero-order valence-electron chi connectivity index (χ0n) is 7.96. The Bertz CT molecular complexity index is 391. The van der Waals surface area contributed by atoms with Crippen molar-refractivity contribution >= 4 is 11.9 Å². The quantitative estimate of drug-likeness (QED) is 0.563. The molecule has 0 spiro atoms. The van der Waals surface area contributed by atoms with Crippen LogP contribution in [-0.4, -0.2) is 33.4 Å². The summed E-state index contributed by atoms with van der Waals surface area (Å²) in [6, 6.07) is 3.61. The van der Waals surface area contributed by atoms with Gasteiger partial charge in [-0.3, -0.25) is 14.6 Å². The fourth-order valence-electron chi connectivity index (χ4n) is 1.53. The smallest absolute Gasteiger partial charge is 0.317 e. The average Bonchev–Trinajstić information content (AvgIpc) is 2.24. The maximum absolute atomic E-state index is 11.3. The van der Waals surface area contributed by atoms with Crippen LogP contribution in [0.5, 0.6) is 0 Å². The van der Waals surface area contributed by atoms with Gasteiger partial charge in [-0.15, -0.1) is 0 Å². The molecule has 1 aromatic rings. The van der Waals surface area contributed by atoms with Gasteiger partial charge in [-0.25, -0.2) is 0 Å². The monoisotopic (exact) mass is 206 g/mol. The van der Waals surface area contributed by atoms with Gasteiger partial charge < -0.3 is 10.0 Å². The zero-order chi connectivity index (χ0) is 10.8. The van der Waals surface area contributed by atoms with Gasteiger partial charge in [0.05, 0.1) is 0 Å². The van der Waals surface area contributed by atoms with E-state index in [1.165, 1.54) is 4.90 Å². The maximum Gasteiger partial charge on any atom is 0.317 e. The number of rotatable bonds is 3. The molecule has 0 saturated carbocycles. The molecule has 2 rings (SSSR count). The summed E-state index contributed by atoms with van der Waals surface area (Å²) in [5, 5.41) is 8.63. The normalized spacial score (nSPS) is 19.9. The van der Waals surface area contributed by atoms with Crippen molar-refractivity contribution in [1.29, 1.82) is 0 Å². The summed E-state index contributed by atoms with van der Waals surface area (Å²) in [7, 11) is 0. The third kappa shape index (κ3) is 1.81. The van der Waals surface area contributed by atoms with Crippen molar-refractivity contribution in [3.05, 3.63) is 30.1 Å². The van der Waals surface area contributed by atoms with Gasteiger partial charge in [0.1, 0.15) is 0 Å². The van der Waals surface area contributed by atoms with Crippen molar-refractivity contribution in [2.75, 3.05) is 6.54 Å². The van der Waals surface area contributed by atoms with E-state index in [1.807, 2.05) is 0 Å². The number of aliphatic carboxylic acids is 1. The third-order valence-corrected chi connectivity index (χ3v) is 2.43. The molecule has 1 saturated heterocycles. The highest BCUT2D eigenvalue weighted by Crippen LogP contribution is 2.20. The molecule has 1 aliphatic rings. The molecule has 15 heavy (non-hydrogen) atoms. The summed E-state index contributed by atoms with van der Waals surface area (Å²) < 4.78 is 0. The van der Waals surface area contributed by atoms with E-state index in [0.717, 1.165) is 5.56 Å². The Labute approximate surface area is 86.3 Å². The van der Waals surface area contributed by atoms with E-state index in [9.17, 15) is 9.59 Å². The minimum Gasteiger partial charge on any atom is -0.481 e. The van der Waals surface area contributed by atoms with Gasteiger partial charge in [0.15, 0.2) is 5.92 Å². The first-order valence-electron chi connectivity index (χ1n) is 4.59. The number of nitrogens with zero attached hydrogens (tertiary/aromatic N) is 2. The minimum absolute atomic E-state index is 0.302. The molecule has 0 aromatic carbocycles. The largest absolute Gasteiger partial charge is 0.481 e. The van der Waals surface area contributed by atoms with Crippen molar-refractivity contribution in [2.45, 2.75) is 6.54 Å². The Morgan fingerprint density at radius 3 is 2.73 bits per heavy atom. The van der Waals surface area contributed by atoms with Crippen LogP contribution in [0.15, 0.2) is 24.5 Å². The van der Waals surface area contributed by atoms with Crippen LogP contribution in [0.1, 0.15) is 5.56 Å². The first-order valence-corrected chi connectivity index (χ1v) is 4.59. The molecule has 5 nitrogen and oxygen atoms in total. The van der Waals surface area contributed by atoms with E-state index in [-0.39, 0.29) is 5.91 Å². The standard InChI is InChI=1S/C10H10N2O3/c13-9-8(10(14)15)6-12(9)5-7-1-3-11-4-2-7/h1-4,8H,5-6H2,(H,14,15). The number of amides is 1. The van der Waals surface area contributed by atoms with Crippen LogP contribution in [-0.2, 0) is 16.1 Å². The molecule has 1 atom stereocenters. The molecule has 1 aliphatic heterocycles. The van der Waals surface area contributed by atoms with Gasteiger partial charge in [-0.05, 0) is 17.7 Å². The summed E-state index contributed by atoms with van der Waals surface area (Å²) in [5.74, 6) is -2.18. The van der Waals surface area contributed by atoms with E-state index in [1.54, 1.807) is 24.5 Å². The summed E-state index contributed by atoms with van der Waals surface area (Å²) >= 11 is 0. The molecular formula is C10H10N2O3. The number of hydrogen-bond acceptors (Lipinski definition) is 3. The highest BCUT2D eigenvalue weighted by Gasteiger charge is 2.41. The molecule has 1 aromatic heterocycles. The van der Waals surface area contributed by atoms with Crippen molar-refractivity contribution in [2.24, 2.45) is 5.92 Å². The number of aromatic nitrogens is 1. The number of likely N-dealkylation sites (tertiary alicyclic amines) is 1. The summed E-state index contributed by atoms with van der Waals surface area (Å²) in [6.07, 6.45) is 3.29. The topological polar surface area (TPSA) is 70.5 Å². The number of pyridine rings is 1. The van der Waals surface area contributed by atoms with Gasteiger partial charge in [-0.1, -0.05) is 0 Å². The van der Waals surface area contributed by atoms with Crippen LogP contribution in [0.4, 0.5) is 0 Å². The van der Waals surface area contributed by atoms with E-state index in [4.69, 9.17) is 5.11 Å². The van der Waals surface area contributed by atoms with Crippen LogP contribution in [0.3, 0.4) is 0 Å². The van der Waals surface area contributed by atoms with Crippen LogP contribution in [0.2, 0.25) is 0 Å². The van der Waals surface area contributed by atoms with Crippen LogP contribution in [0.25, 0.3) is 0 Å². The van der Waals surface area contributed by atoms with Gasteiger partial charge in [0.2, 0.25) is 5.91 Å². The second-order valence-corrected chi connectivity index (χ2v) is 3.47. The second-order valence-electron chi connectivity index (χ2n) is 3.47. The van der Waals surface area contributed by atoms with Crippen molar-refractivity contribution in [3.63, 3.8) is 0 Å². The molecule has 1 N–H and O–H groups in total. The van der Waals surface area contributed by atoms with Crippen LogP contribution >= 0.6 is 0 Å². The Morgan fingerprint density at radius 1 is 1.53 bits per heavy atom. The lowest BCUT2D eigenvalue weighted by atomic mass is 9.98. The Balaban J connectivity index is 1.95. The summed E-state index contributed by atoms with van der Waals surface area (Å²) in [6.45, 7) is 0.765. The van der Waals surface area contributed by atoms with Crippen LogP contribution < -0.4 is 0 Å². The highest BCUT2D eigenvalue weighted by molar-refractivity contribution is 6.01. The average molecular weight is 206 g/mol. The lowest BCUT2D eigenvalue weighted by Gasteiger charge is -2.35. The summed E-state index contributed by atoms with van der Waals surface area (Å²) in [5.41, 5.74) is 0.960. The van der Waals surface area contributed by atoms with E-state index in [2.05, 4.69) is 4.98 Å². The molecule has 0 bridgehead atoms. The molecular weight excluding hydrogens is 196 g/mol. The van der Waals surface area contributed by atoms with E-state index < -0.39 is 11.9 Å². The van der Waals surface area contributed by atoms with E-state index >= 15 is 0 Å². The third-order valence-electron chi connectivity index (χ3n) is 2.43. The number of carboxylic acids is 1. The zero-order valence-corrected chi connectivity index (χ0v) is 7.96. The highest BCUT2D eigenvalue weighted by atomic mass is 16.4. The molecule has 1 unspecified atom stereocenters. The maximum atomic E-state index is 11.3. The summed E-state index contributed by atoms with van der Waals surface area (Å²) in [4.78, 5) is 27.3. The fraction of sp³-hybridized carbons (Fsp3) is 0.300. The molecule has 1 fully saturated rings. The number of carbonyl (C=O) groups excluding carboxylic acids is 1. The Morgan fingerprint density at radius 2 is 2.20 bits per heavy atom. The molecule has 78 valence electrons. The van der Waals surface area contributed by atoms with Gasteiger partial charge >= 0.3 is 5.97 Å². The Hall–Kier alpha value is -1.91. The molecule has 0 radical (unpaired) electrons. The number of β-lactam (4-membered cyclic amide) rings is 1. The second kappa shape index (κ2) is 3.68. The molecule has 2 heterocycles. The fourth-order valence-corrected chi connectivity index (χ4v) is 1.53. The van der Waals surface area contributed by atoms with Gasteiger partial charge in [0, 0.05) is 25.5 Å². The predicted molar refractivity (Wildman–Crippen MR) is 50.8 cm³/mol. The molecule has 5 heteroatoms. The lowest BCUT2D eigenvalue weighted by molar-refractivity contribution is -0.162. The predicted octanol–water partition coefficient (Wildman–Crippen LogP) is 0.125. The van der Waals surface area contributed by atoms with Crippen molar-refractivity contribution in [3.8, 4) is 0 Å². The van der Waals surface area contributed by atoms with Gasteiger partial charge in [-0.2, -0.15) is 0 Å². The first kappa shape index (κ1) is 9.64. The number of carbonyl (C=O) groups is 2. The minimum atomic E-state index is -1.04. The molecule has 0 aliphatic carbocycles. The van der Waals surface area contributed by atoms with Crippen molar-refractivity contribution < 1.29 is 14.7 Å². The Kier molecular flexibility index (Phi) is 2.37.